The molecule has 1 aliphatic heterocycles. The van der Waals surface area contributed by atoms with Crippen LogP contribution in [0, 0.1) is 0 Å². The molecule has 1 N–H and O–H groups in total. The van der Waals surface area contributed by atoms with E-state index in [9.17, 15) is 9.59 Å². The van der Waals surface area contributed by atoms with E-state index in [1.165, 1.54) is 0 Å². The van der Waals surface area contributed by atoms with Crippen molar-refractivity contribution in [2.45, 2.75) is 57.9 Å². The molecule has 0 aliphatic carbocycles. The van der Waals surface area contributed by atoms with E-state index in [4.69, 9.17) is 9.63 Å². The summed E-state index contributed by atoms with van der Waals surface area (Å²) in [6.45, 7) is 2.68. The van der Waals surface area contributed by atoms with Crippen molar-refractivity contribution in [2.75, 3.05) is 6.54 Å². The Kier molecular flexibility index (Phi) is 5.30. The summed E-state index contributed by atoms with van der Waals surface area (Å²) in [4.78, 5) is 28.9. The van der Waals surface area contributed by atoms with E-state index in [2.05, 4.69) is 10.1 Å². The van der Waals surface area contributed by atoms with Gasteiger partial charge in [-0.15, -0.1) is 0 Å². The van der Waals surface area contributed by atoms with Crippen LogP contribution < -0.4 is 0 Å². The number of hydrogen-bond donors (Lipinski definition) is 1. The van der Waals surface area contributed by atoms with Crippen LogP contribution in [0.5, 0.6) is 0 Å². The Labute approximate surface area is 123 Å². The Hall–Kier alpha value is -1.92. The average Bonchev–Trinajstić information content (AvgIpc) is 3.05. The molecule has 0 saturated carbocycles. The smallest absolute Gasteiger partial charge is 0.305 e. The molecule has 7 nitrogen and oxygen atoms in total. The highest BCUT2D eigenvalue weighted by molar-refractivity contribution is 5.78. The van der Waals surface area contributed by atoms with Crippen LogP contribution in [0.2, 0.25) is 0 Å². The molecule has 1 fully saturated rings. The summed E-state index contributed by atoms with van der Waals surface area (Å²) < 4.78 is 5.10. The van der Waals surface area contributed by atoms with Gasteiger partial charge in [0.15, 0.2) is 5.82 Å². The van der Waals surface area contributed by atoms with E-state index in [1.54, 1.807) is 4.90 Å². The van der Waals surface area contributed by atoms with Crippen LogP contribution in [0.4, 0.5) is 0 Å². The summed E-state index contributed by atoms with van der Waals surface area (Å²) in [6.07, 6.45) is 4.06. The predicted octanol–water partition coefficient (Wildman–Crippen LogP) is 1.42. The molecule has 1 atom stereocenters. The van der Waals surface area contributed by atoms with Crippen molar-refractivity contribution in [3.05, 3.63) is 11.7 Å². The highest BCUT2D eigenvalue weighted by Gasteiger charge is 2.30. The van der Waals surface area contributed by atoms with E-state index in [0.29, 0.717) is 24.7 Å². The third-order valence-electron chi connectivity index (χ3n) is 3.64. The van der Waals surface area contributed by atoms with Gasteiger partial charge in [0, 0.05) is 31.8 Å². The van der Waals surface area contributed by atoms with Crippen LogP contribution in [0.1, 0.15) is 50.7 Å². The molecule has 1 saturated heterocycles. The monoisotopic (exact) mass is 295 g/mol. The summed E-state index contributed by atoms with van der Waals surface area (Å²) in [6, 6.07) is -0.173. The quantitative estimate of drug-likeness (QED) is 0.817. The molecule has 1 aromatic heterocycles. The fourth-order valence-electron chi connectivity index (χ4n) is 2.65. The number of carbonyl (C=O) groups excluding carboxylic acids is 1. The number of likely N-dealkylation sites (tertiary alicyclic amines) is 1. The number of aromatic nitrogens is 2. The number of carbonyl (C=O) groups is 2. The van der Waals surface area contributed by atoms with Crippen LogP contribution in [-0.2, 0) is 22.4 Å². The van der Waals surface area contributed by atoms with Crippen molar-refractivity contribution in [3.8, 4) is 0 Å². The normalized spacial score (nSPS) is 18.1. The van der Waals surface area contributed by atoms with Crippen molar-refractivity contribution in [1.82, 2.24) is 15.0 Å². The Morgan fingerprint density at radius 3 is 2.95 bits per heavy atom. The largest absolute Gasteiger partial charge is 0.481 e. The van der Waals surface area contributed by atoms with Gasteiger partial charge in [-0.05, 0) is 19.3 Å². The molecule has 116 valence electrons. The van der Waals surface area contributed by atoms with Crippen LogP contribution in [0.3, 0.4) is 0 Å². The predicted molar refractivity (Wildman–Crippen MR) is 73.6 cm³/mol. The average molecular weight is 295 g/mol. The van der Waals surface area contributed by atoms with Gasteiger partial charge in [0.25, 0.3) is 0 Å². The lowest BCUT2D eigenvalue weighted by Crippen LogP contribution is -2.36. The maximum absolute atomic E-state index is 12.2. The fraction of sp³-hybridized carbons (Fsp3) is 0.714. The lowest BCUT2D eigenvalue weighted by molar-refractivity contribution is -0.139. The summed E-state index contributed by atoms with van der Waals surface area (Å²) in [5, 5.41) is 12.7. The number of aryl methyl sites for hydroxylation is 2. The van der Waals surface area contributed by atoms with Gasteiger partial charge in [-0.2, -0.15) is 4.98 Å². The van der Waals surface area contributed by atoms with Gasteiger partial charge in [-0.1, -0.05) is 12.1 Å². The van der Waals surface area contributed by atoms with Gasteiger partial charge >= 0.3 is 5.97 Å². The van der Waals surface area contributed by atoms with Crippen LogP contribution in [-0.4, -0.2) is 44.6 Å². The van der Waals surface area contributed by atoms with Crippen LogP contribution in [0.25, 0.3) is 0 Å². The molecule has 7 heteroatoms. The molecule has 21 heavy (non-hydrogen) atoms. The standard InChI is InChI=1S/C14H21N3O4/c1-2-4-11-15-12(21-16-11)6-7-13(18)17-8-3-5-10(17)9-14(19)20/h10H,2-9H2,1H3,(H,19,20). The zero-order chi connectivity index (χ0) is 15.2. The minimum absolute atomic E-state index is 0.0208. The van der Waals surface area contributed by atoms with E-state index < -0.39 is 5.97 Å². The third-order valence-corrected chi connectivity index (χ3v) is 3.64. The summed E-state index contributed by atoms with van der Waals surface area (Å²) in [5.74, 6) is 0.250. The topological polar surface area (TPSA) is 96.5 Å². The molecule has 1 amide bonds. The first-order valence-corrected chi connectivity index (χ1v) is 7.43. The van der Waals surface area contributed by atoms with Crippen LogP contribution >= 0.6 is 0 Å². The van der Waals surface area contributed by atoms with Gasteiger partial charge in [0.2, 0.25) is 11.8 Å². The fourth-order valence-corrected chi connectivity index (χ4v) is 2.65. The molecule has 1 unspecified atom stereocenters. The van der Waals surface area contributed by atoms with E-state index >= 15 is 0 Å². The Bertz CT molecular complexity index is 500. The highest BCUT2D eigenvalue weighted by Crippen LogP contribution is 2.21. The Balaban J connectivity index is 1.84. The maximum atomic E-state index is 12.2. The molecular weight excluding hydrogens is 274 g/mol. The molecule has 0 aromatic carbocycles. The van der Waals surface area contributed by atoms with E-state index in [0.717, 1.165) is 25.7 Å². The number of hydrogen-bond acceptors (Lipinski definition) is 5. The number of aliphatic carboxylic acids is 1. The first-order chi connectivity index (χ1) is 10.1. The van der Waals surface area contributed by atoms with Gasteiger partial charge in [0.05, 0.1) is 6.42 Å². The second kappa shape index (κ2) is 7.19. The molecule has 0 radical (unpaired) electrons. The van der Waals surface area contributed by atoms with Crippen LogP contribution in [0.15, 0.2) is 4.52 Å². The molecule has 0 bridgehead atoms. The molecule has 1 aliphatic rings. The van der Waals surface area contributed by atoms with Crippen molar-refractivity contribution < 1.29 is 19.2 Å². The summed E-state index contributed by atoms with van der Waals surface area (Å²) in [5.41, 5.74) is 0. The second-order valence-corrected chi connectivity index (χ2v) is 5.34. The minimum atomic E-state index is -0.860. The van der Waals surface area contributed by atoms with Gasteiger partial charge < -0.3 is 14.5 Å². The second-order valence-electron chi connectivity index (χ2n) is 5.34. The number of carboxylic acids is 1. The molecular formula is C14H21N3O4. The van der Waals surface area contributed by atoms with E-state index in [1.807, 2.05) is 6.92 Å². The summed E-state index contributed by atoms with van der Waals surface area (Å²) in [7, 11) is 0. The van der Waals surface area contributed by atoms with Gasteiger partial charge in [-0.3, -0.25) is 9.59 Å². The molecule has 2 rings (SSSR count). The number of amides is 1. The molecule has 1 aromatic rings. The minimum Gasteiger partial charge on any atom is -0.481 e. The SMILES string of the molecule is CCCc1noc(CCC(=O)N2CCCC2CC(=O)O)n1. The first-order valence-electron chi connectivity index (χ1n) is 7.43. The third kappa shape index (κ3) is 4.27. The van der Waals surface area contributed by atoms with Crippen molar-refractivity contribution in [1.29, 1.82) is 0 Å². The number of carboxylic acid groups (broad SMARTS) is 1. The van der Waals surface area contributed by atoms with Crippen molar-refractivity contribution in [3.63, 3.8) is 0 Å². The zero-order valence-corrected chi connectivity index (χ0v) is 12.2. The van der Waals surface area contributed by atoms with Gasteiger partial charge in [-0.25, -0.2) is 0 Å². The Morgan fingerprint density at radius 2 is 2.24 bits per heavy atom. The highest BCUT2D eigenvalue weighted by atomic mass is 16.5. The first kappa shape index (κ1) is 15.5. The molecule has 2 heterocycles. The number of nitrogens with zero attached hydrogens (tertiary/aromatic N) is 3. The maximum Gasteiger partial charge on any atom is 0.305 e. The Morgan fingerprint density at radius 1 is 1.43 bits per heavy atom. The van der Waals surface area contributed by atoms with Gasteiger partial charge in [0.1, 0.15) is 0 Å². The van der Waals surface area contributed by atoms with Crippen molar-refractivity contribution >= 4 is 11.9 Å². The number of rotatable bonds is 7. The summed E-state index contributed by atoms with van der Waals surface area (Å²) >= 11 is 0. The van der Waals surface area contributed by atoms with E-state index in [-0.39, 0.29) is 24.8 Å². The lowest BCUT2D eigenvalue weighted by Gasteiger charge is -2.23. The zero-order valence-electron chi connectivity index (χ0n) is 12.2. The van der Waals surface area contributed by atoms with Crippen molar-refractivity contribution in [2.24, 2.45) is 0 Å². The molecule has 0 spiro atoms. The lowest BCUT2D eigenvalue weighted by atomic mass is 10.1.